The molecule has 126 valence electrons. The van der Waals surface area contributed by atoms with Crippen LogP contribution in [0.1, 0.15) is 25.8 Å². The third-order valence-electron chi connectivity index (χ3n) is 4.79. The van der Waals surface area contributed by atoms with Gasteiger partial charge in [0, 0.05) is 44.1 Å². The molecule has 0 N–H and O–H groups in total. The van der Waals surface area contributed by atoms with Crippen LogP contribution in [0.25, 0.3) is 0 Å². The molecule has 0 aromatic heterocycles. The molecule has 1 spiro atoms. The van der Waals surface area contributed by atoms with Gasteiger partial charge in [0.2, 0.25) is 5.91 Å². The monoisotopic (exact) mass is 320 g/mol. The number of halogens is 1. The van der Waals surface area contributed by atoms with Crippen molar-refractivity contribution in [2.75, 3.05) is 32.8 Å². The van der Waals surface area contributed by atoms with Gasteiger partial charge in [0.1, 0.15) is 5.82 Å². The molecule has 0 bridgehead atoms. The quantitative estimate of drug-likeness (QED) is 0.857. The molecule has 1 aromatic rings. The van der Waals surface area contributed by atoms with Crippen LogP contribution in [-0.2, 0) is 16.1 Å². The molecule has 2 heterocycles. The predicted octanol–water partition coefficient (Wildman–Crippen LogP) is 2.29. The summed E-state index contributed by atoms with van der Waals surface area (Å²) < 4.78 is 19.2. The van der Waals surface area contributed by atoms with Crippen molar-refractivity contribution >= 4 is 5.91 Å². The maximum absolute atomic E-state index is 13.4. The summed E-state index contributed by atoms with van der Waals surface area (Å²) in [5, 5.41) is 0. The van der Waals surface area contributed by atoms with Gasteiger partial charge in [-0.25, -0.2) is 4.39 Å². The third-order valence-corrected chi connectivity index (χ3v) is 4.79. The van der Waals surface area contributed by atoms with Crippen LogP contribution >= 0.6 is 0 Å². The summed E-state index contributed by atoms with van der Waals surface area (Å²) in [6, 6.07) is 6.96. The molecule has 0 saturated carbocycles. The number of nitrogens with zero attached hydrogens (tertiary/aromatic N) is 2. The minimum absolute atomic E-state index is 0.134. The van der Waals surface area contributed by atoms with Crippen LogP contribution in [0, 0.1) is 11.2 Å². The van der Waals surface area contributed by atoms with Crippen molar-refractivity contribution in [3.8, 4) is 0 Å². The smallest absolute Gasteiger partial charge is 0.223 e. The lowest BCUT2D eigenvalue weighted by Crippen LogP contribution is -2.41. The minimum atomic E-state index is -0.203. The molecule has 2 aliphatic heterocycles. The Balaban J connectivity index is 1.73. The Morgan fingerprint density at radius 2 is 2.17 bits per heavy atom. The highest BCUT2D eigenvalue weighted by Gasteiger charge is 2.46. The number of hydrogen-bond donors (Lipinski definition) is 0. The van der Waals surface area contributed by atoms with E-state index < -0.39 is 0 Å². The van der Waals surface area contributed by atoms with E-state index in [1.807, 2.05) is 11.0 Å². The Kier molecular flexibility index (Phi) is 4.69. The molecule has 3 rings (SSSR count). The molecule has 1 aromatic carbocycles. The van der Waals surface area contributed by atoms with Gasteiger partial charge in [-0.15, -0.1) is 0 Å². The lowest BCUT2D eigenvalue weighted by Gasteiger charge is -2.32. The van der Waals surface area contributed by atoms with Crippen molar-refractivity contribution in [1.29, 1.82) is 0 Å². The van der Waals surface area contributed by atoms with E-state index >= 15 is 0 Å². The van der Waals surface area contributed by atoms with E-state index in [2.05, 4.69) is 18.7 Å². The summed E-state index contributed by atoms with van der Waals surface area (Å²) in [6.07, 6.45) is 0.546. The number of rotatable bonds is 3. The minimum Gasteiger partial charge on any atom is -0.379 e. The van der Waals surface area contributed by atoms with Gasteiger partial charge in [-0.1, -0.05) is 12.1 Å². The van der Waals surface area contributed by atoms with Crippen molar-refractivity contribution in [2.45, 2.75) is 32.9 Å². The fourth-order valence-corrected chi connectivity index (χ4v) is 3.71. The lowest BCUT2D eigenvalue weighted by molar-refractivity contribution is -0.129. The first-order chi connectivity index (χ1) is 11.0. The van der Waals surface area contributed by atoms with Crippen molar-refractivity contribution in [2.24, 2.45) is 5.41 Å². The van der Waals surface area contributed by atoms with Gasteiger partial charge in [-0.2, -0.15) is 0 Å². The van der Waals surface area contributed by atoms with Gasteiger partial charge in [0.25, 0.3) is 0 Å². The van der Waals surface area contributed by atoms with E-state index in [-0.39, 0.29) is 23.2 Å². The molecule has 1 unspecified atom stereocenters. The van der Waals surface area contributed by atoms with Crippen LogP contribution in [0.15, 0.2) is 24.3 Å². The Morgan fingerprint density at radius 1 is 1.35 bits per heavy atom. The highest BCUT2D eigenvalue weighted by molar-refractivity contribution is 5.79. The highest BCUT2D eigenvalue weighted by atomic mass is 19.1. The third kappa shape index (κ3) is 3.72. The van der Waals surface area contributed by atoms with Gasteiger partial charge >= 0.3 is 0 Å². The van der Waals surface area contributed by atoms with E-state index in [0.717, 1.165) is 25.2 Å². The number of benzene rings is 1. The van der Waals surface area contributed by atoms with Crippen LogP contribution in [-0.4, -0.2) is 54.6 Å². The largest absolute Gasteiger partial charge is 0.379 e. The fraction of sp³-hybridized carbons (Fsp3) is 0.611. The Morgan fingerprint density at radius 3 is 2.87 bits per heavy atom. The SMILES string of the molecule is CC(C)N1CC2(COCCN(Cc3cccc(F)c3)C2)CC1=O. The second kappa shape index (κ2) is 6.57. The molecule has 4 nitrogen and oxygen atoms in total. The number of carbonyl (C=O) groups is 1. The molecule has 2 aliphatic rings. The first kappa shape index (κ1) is 16.4. The Hall–Kier alpha value is -1.46. The lowest BCUT2D eigenvalue weighted by atomic mass is 9.87. The second-order valence-electron chi connectivity index (χ2n) is 7.19. The fourth-order valence-electron chi connectivity index (χ4n) is 3.71. The zero-order valence-electron chi connectivity index (χ0n) is 13.9. The molecular formula is C18H25FN2O2. The summed E-state index contributed by atoms with van der Waals surface area (Å²) in [7, 11) is 0. The normalized spacial score (nSPS) is 26.3. The summed E-state index contributed by atoms with van der Waals surface area (Å²) >= 11 is 0. The maximum Gasteiger partial charge on any atom is 0.223 e. The molecule has 23 heavy (non-hydrogen) atoms. The topological polar surface area (TPSA) is 32.8 Å². The Bertz CT molecular complexity index is 578. The van der Waals surface area contributed by atoms with Crippen LogP contribution < -0.4 is 0 Å². The molecule has 5 heteroatoms. The predicted molar refractivity (Wildman–Crippen MR) is 86.4 cm³/mol. The summed E-state index contributed by atoms with van der Waals surface area (Å²) in [6.45, 7) is 8.47. The van der Waals surface area contributed by atoms with E-state index in [9.17, 15) is 9.18 Å². The van der Waals surface area contributed by atoms with E-state index in [4.69, 9.17) is 4.74 Å². The summed E-state index contributed by atoms with van der Waals surface area (Å²) in [5.74, 6) is 0.0153. The van der Waals surface area contributed by atoms with Crippen molar-refractivity contribution in [3.05, 3.63) is 35.6 Å². The number of carbonyl (C=O) groups excluding carboxylic acids is 1. The first-order valence-corrected chi connectivity index (χ1v) is 8.31. The van der Waals surface area contributed by atoms with Gasteiger partial charge in [0.05, 0.1) is 13.2 Å². The molecule has 1 atom stereocenters. The maximum atomic E-state index is 13.4. The van der Waals surface area contributed by atoms with Crippen LogP contribution in [0.2, 0.25) is 0 Å². The summed E-state index contributed by atoms with van der Waals surface area (Å²) in [5.41, 5.74) is 0.831. The van der Waals surface area contributed by atoms with Gasteiger partial charge in [-0.3, -0.25) is 9.69 Å². The van der Waals surface area contributed by atoms with Gasteiger partial charge < -0.3 is 9.64 Å². The van der Waals surface area contributed by atoms with Crippen molar-refractivity contribution in [3.63, 3.8) is 0 Å². The number of amides is 1. The van der Waals surface area contributed by atoms with Crippen molar-refractivity contribution in [1.82, 2.24) is 9.80 Å². The molecule has 0 radical (unpaired) electrons. The van der Waals surface area contributed by atoms with Gasteiger partial charge in [0.15, 0.2) is 0 Å². The van der Waals surface area contributed by atoms with E-state index in [1.54, 1.807) is 12.1 Å². The average molecular weight is 320 g/mol. The Labute approximate surface area is 137 Å². The van der Waals surface area contributed by atoms with E-state index in [0.29, 0.717) is 26.2 Å². The van der Waals surface area contributed by atoms with Crippen LogP contribution in [0.3, 0.4) is 0 Å². The average Bonchev–Trinajstić information content (AvgIpc) is 2.68. The molecule has 2 saturated heterocycles. The molecule has 2 fully saturated rings. The van der Waals surface area contributed by atoms with E-state index in [1.165, 1.54) is 6.07 Å². The summed E-state index contributed by atoms with van der Waals surface area (Å²) in [4.78, 5) is 16.6. The molecule has 0 aliphatic carbocycles. The highest BCUT2D eigenvalue weighted by Crippen LogP contribution is 2.35. The number of hydrogen-bond acceptors (Lipinski definition) is 3. The van der Waals surface area contributed by atoms with Gasteiger partial charge in [-0.05, 0) is 31.5 Å². The van der Waals surface area contributed by atoms with Crippen LogP contribution in [0.5, 0.6) is 0 Å². The van der Waals surface area contributed by atoms with Crippen LogP contribution in [0.4, 0.5) is 4.39 Å². The number of ether oxygens (including phenoxy) is 1. The van der Waals surface area contributed by atoms with Crippen molar-refractivity contribution < 1.29 is 13.9 Å². The zero-order valence-corrected chi connectivity index (χ0v) is 13.9. The standard InChI is InChI=1S/C18H25FN2O2/c1-14(2)21-12-18(9-17(21)22)11-20(6-7-23-13-18)10-15-4-3-5-16(19)8-15/h3-5,8,14H,6-7,9-13H2,1-2H3. The second-order valence-corrected chi connectivity index (χ2v) is 7.19. The molecular weight excluding hydrogens is 295 g/mol. The molecule has 1 amide bonds. The first-order valence-electron chi connectivity index (χ1n) is 8.31. The number of likely N-dealkylation sites (tertiary alicyclic amines) is 1. The zero-order chi connectivity index (χ0) is 16.4.